The van der Waals surface area contributed by atoms with Gasteiger partial charge < -0.3 is 15.3 Å². The fourth-order valence-corrected chi connectivity index (χ4v) is 2.86. The number of phenolic OH excluding ortho intramolecular Hbond substituents is 1. The quantitative estimate of drug-likeness (QED) is 0.506. The van der Waals surface area contributed by atoms with Crippen molar-refractivity contribution in [3.8, 4) is 11.8 Å². The lowest BCUT2D eigenvalue weighted by Crippen LogP contribution is -2.42. The number of nitrogens with zero attached hydrogens (tertiary/aromatic N) is 3. The Hall–Kier alpha value is -2.99. The summed E-state index contributed by atoms with van der Waals surface area (Å²) in [7, 11) is 3.01. The minimum Gasteiger partial charge on any atom is -0.505 e. The zero-order valence-corrected chi connectivity index (χ0v) is 18.1. The SMILES string of the molecule is C[C@H](Nc1c(N(S)c2cc(C#N)cc(C(=O)N(C)C)c2O)c(=O)c1=O)C(C)(C)C. The summed E-state index contributed by atoms with van der Waals surface area (Å²) in [6.07, 6.45) is 0. The number of benzene rings is 1. The Labute approximate surface area is 174 Å². The van der Waals surface area contributed by atoms with Crippen molar-refractivity contribution in [2.45, 2.75) is 33.7 Å². The number of thiol groups is 1. The van der Waals surface area contributed by atoms with Gasteiger partial charge in [-0.2, -0.15) is 5.26 Å². The van der Waals surface area contributed by atoms with Crippen LogP contribution in [0.2, 0.25) is 0 Å². The summed E-state index contributed by atoms with van der Waals surface area (Å²) in [6.45, 7) is 7.83. The van der Waals surface area contributed by atoms with Crippen LogP contribution in [0.4, 0.5) is 17.1 Å². The van der Waals surface area contributed by atoms with Crippen molar-refractivity contribution >= 4 is 35.8 Å². The van der Waals surface area contributed by atoms with E-state index in [1.165, 1.54) is 31.1 Å². The number of nitriles is 1. The van der Waals surface area contributed by atoms with Crippen LogP contribution in [0, 0.1) is 16.7 Å². The molecule has 0 fully saturated rings. The van der Waals surface area contributed by atoms with Crippen LogP contribution in [0.1, 0.15) is 43.6 Å². The summed E-state index contributed by atoms with van der Waals surface area (Å²) in [5, 5.41) is 23.0. The van der Waals surface area contributed by atoms with Gasteiger partial charge in [-0.25, -0.2) is 0 Å². The average Bonchev–Trinajstić information content (AvgIpc) is 2.65. The molecule has 9 heteroatoms. The predicted octanol–water partition coefficient (Wildman–Crippen LogP) is 2.39. The number of nitrogens with one attached hydrogen (secondary N) is 1. The van der Waals surface area contributed by atoms with E-state index in [0.29, 0.717) is 0 Å². The maximum atomic E-state index is 12.4. The van der Waals surface area contributed by atoms with Crippen molar-refractivity contribution in [3.05, 3.63) is 43.7 Å². The smallest absolute Gasteiger partial charge is 0.257 e. The minimum absolute atomic E-state index is 0.0452. The first kappa shape index (κ1) is 22.3. The Bertz CT molecular complexity index is 1070. The Kier molecular flexibility index (Phi) is 5.99. The van der Waals surface area contributed by atoms with E-state index in [9.17, 15) is 24.8 Å². The van der Waals surface area contributed by atoms with Crippen LogP contribution in [-0.2, 0) is 0 Å². The molecule has 2 aromatic rings. The number of aromatic hydroxyl groups is 1. The number of carbonyl (C=O) groups is 1. The molecule has 0 spiro atoms. The Morgan fingerprint density at radius 3 is 2.31 bits per heavy atom. The van der Waals surface area contributed by atoms with Crippen LogP contribution in [0.3, 0.4) is 0 Å². The molecule has 0 unspecified atom stereocenters. The van der Waals surface area contributed by atoms with Gasteiger partial charge in [-0.1, -0.05) is 33.6 Å². The van der Waals surface area contributed by atoms with E-state index in [1.54, 1.807) is 0 Å². The molecule has 0 saturated carbocycles. The van der Waals surface area contributed by atoms with Gasteiger partial charge >= 0.3 is 0 Å². The molecule has 2 aromatic carbocycles. The molecular formula is C20H24N4O4S. The second-order valence-corrected chi connectivity index (χ2v) is 8.53. The van der Waals surface area contributed by atoms with Gasteiger partial charge in [0.1, 0.15) is 11.4 Å². The van der Waals surface area contributed by atoms with E-state index >= 15 is 0 Å². The second-order valence-electron chi connectivity index (χ2n) is 8.13. The third kappa shape index (κ3) is 4.07. The molecule has 2 N–H and O–H groups in total. The number of amides is 1. The van der Waals surface area contributed by atoms with Crippen LogP contribution < -0.4 is 20.5 Å². The highest BCUT2D eigenvalue weighted by atomic mass is 32.1. The van der Waals surface area contributed by atoms with Crippen molar-refractivity contribution in [2.24, 2.45) is 5.41 Å². The Balaban J connectivity index is 2.59. The van der Waals surface area contributed by atoms with E-state index in [0.717, 1.165) is 4.31 Å². The molecule has 0 heterocycles. The number of rotatable bonds is 5. The average molecular weight is 417 g/mol. The Morgan fingerprint density at radius 1 is 1.24 bits per heavy atom. The van der Waals surface area contributed by atoms with E-state index in [-0.39, 0.29) is 39.6 Å². The van der Waals surface area contributed by atoms with Gasteiger partial charge in [-0.3, -0.25) is 18.7 Å². The largest absolute Gasteiger partial charge is 0.505 e. The van der Waals surface area contributed by atoms with E-state index < -0.39 is 22.5 Å². The summed E-state index contributed by atoms with van der Waals surface area (Å²) in [5.41, 5.74) is -1.68. The monoisotopic (exact) mass is 416 g/mol. The van der Waals surface area contributed by atoms with Crippen molar-refractivity contribution in [1.82, 2.24) is 4.90 Å². The number of hydrogen-bond donors (Lipinski definition) is 3. The predicted molar refractivity (Wildman–Crippen MR) is 116 cm³/mol. The fourth-order valence-electron chi connectivity index (χ4n) is 2.52. The minimum atomic E-state index is -0.772. The first-order valence-electron chi connectivity index (χ1n) is 8.88. The number of phenols is 1. The maximum absolute atomic E-state index is 12.4. The lowest BCUT2D eigenvalue weighted by atomic mass is 9.87. The summed E-state index contributed by atoms with van der Waals surface area (Å²) in [4.78, 5) is 38.0. The van der Waals surface area contributed by atoms with Gasteiger partial charge in [-0.15, -0.1) is 0 Å². The zero-order chi connectivity index (χ0) is 22.3. The molecule has 0 saturated heterocycles. The second kappa shape index (κ2) is 7.79. The summed E-state index contributed by atoms with van der Waals surface area (Å²) in [6, 6.07) is 4.32. The van der Waals surface area contributed by atoms with E-state index in [1.807, 2.05) is 33.8 Å². The standard InChI is InChI=1S/C20H24N4O4S/c1-10(20(2,3)4)22-14-15(18(27)17(14)26)24(29)13-8-11(9-21)7-12(16(13)25)19(28)23(5)6/h7-8,10,22,25,29H,1-6H3/t10-/m0/s1. The molecule has 1 amide bonds. The molecule has 0 radical (unpaired) electrons. The first-order chi connectivity index (χ1) is 13.3. The van der Waals surface area contributed by atoms with Crippen molar-refractivity contribution < 1.29 is 9.90 Å². The molecule has 29 heavy (non-hydrogen) atoms. The molecule has 8 nitrogen and oxygen atoms in total. The lowest BCUT2D eigenvalue weighted by molar-refractivity contribution is 0.0824. The highest BCUT2D eigenvalue weighted by Crippen LogP contribution is 2.40. The van der Waals surface area contributed by atoms with Gasteiger partial charge in [-0.05, 0) is 24.5 Å². The van der Waals surface area contributed by atoms with Crippen LogP contribution in [-0.4, -0.2) is 36.1 Å². The lowest BCUT2D eigenvalue weighted by Gasteiger charge is -2.31. The van der Waals surface area contributed by atoms with Gasteiger partial charge in [0.25, 0.3) is 16.8 Å². The third-order valence-electron chi connectivity index (χ3n) is 4.84. The van der Waals surface area contributed by atoms with Gasteiger partial charge in [0, 0.05) is 20.1 Å². The summed E-state index contributed by atoms with van der Waals surface area (Å²) < 4.78 is 1.03. The van der Waals surface area contributed by atoms with Crippen LogP contribution in [0.15, 0.2) is 21.7 Å². The molecular weight excluding hydrogens is 392 g/mol. The maximum Gasteiger partial charge on any atom is 0.257 e. The Morgan fingerprint density at radius 2 is 1.83 bits per heavy atom. The van der Waals surface area contributed by atoms with Crippen molar-refractivity contribution in [3.63, 3.8) is 0 Å². The molecule has 0 aromatic heterocycles. The van der Waals surface area contributed by atoms with Gasteiger partial charge in [0.15, 0.2) is 5.75 Å². The first-order valence-corrected chi connectivity index (χ1v) is 9.28. The van der Waals surface area contributed by atoms with Crippen molar-refractivity contribution in [1.29, 1.82) is 5.26 Å². The van der Waals surface area contributed by atoms with Crippen LogP contribution in [0.25, 0.3) is 0 Å². The fraction of sp³-hybridized carbons (Fsp3) is 0.400. The van der Waals surface area contributed by atoms with Crippen LogP contribution in [0.5, 0.6) is 5.75 Å². The molecule has 0 aliphatic carbocycles. The number of hydrogen-bond acceptors (Lipinski definition) is 8. The molecule has 0 aliphatic rings. The highest BCUT2D eigenvalue weighted by Gasteiger charge is 2.31. The van der Waals surface area contributed by atoms with Gasteiger partial charge in [0.2, 0.25) is 0 Å². The molecule has 0 bridgehead atoms. The number of anilines is 3. The van der Waals surface area contributed by atoms with E-state index in [4.69, 9.17) is 0 Å². The van der Waals surface area contributed by atoms with Crippen LogP contribution >= 0.6 is 12.8 Å². The topological polar surface area (TPSA) is 114 Å². The molecule has 154 valence electrons. The van der Waals surface area contributed by atoms with Gasteiger partial charge in [0.05, 0.1) is 22.9 Å². The zero-order valence-electron chi connectivity index (χ0n) is 17.2. The number of carbonyl (C=O) groups excluding carboxylic acids is 1. The van der Waals surface area contributed by atoms with E-state index in [2.05, 4.69) is 18.1 Å². The van der Waals surface area contributed by atoms with Crippen molar-refractivity contribution in [2.75, 3.05) is 23.7 Å². The third-order valence-corrected chi connectivity index (χ3v) is 5.26. The molecule has 1 atom stereocenters. The molecule has 0 aliphatic heterocycles. The summed E-state index contributed by atoms with van der Waals surface area (Å²) in [5.74, 6) is -0.965. The normalized spacial score (nSPS) is 12.3. The summed E-state index contributed by atoms with van der Waals surface area (Å²) >= 11 is 4.29. The molecule has 2 rings (SSSR count). The highest BCUT2D eigenvalue weighted by molar-refractivity contribution is 7.82.